The first-order chi connectivity index (χ1) is 11.7. The molecule has 0 fully saturated rings. The van der Waals surface area contributed by atoms with Crippen LogP contribution in [-0.4, -0.2) is 8.76 Å². The van der Waals surface area contributed by atoms with E-state index < -0.39 is 11.4 Å². The Morgan fingerprint density at radius 3 is 2.29 bits per heavy atom. The molecule has 1 atom stereocenters. The maximum Gasteiger partial charge on any atom is 0.147 e. The van der Waals surface area contributed by atoms with Crippen LogP contribution in [-0.2, 0) is 11.4 Å². The molecule has 0 radical (unpaired) electrons. The van der Waals surface area contributed by atoms with Crippen molar-refractivity contribution < 1.29 is 12.9 Å². The molecule has 4 heteroatoms. The molecule has 4 rings (SSSR count). The van der Waals surface area contributed by atoms with Crippen LogP contribution in [0.4, 0.5) is 0 Å². The summed E-state index contributed by atoms with van der Waals surface area (Å²) < 4.78 is 27.3. The summed E-state index contributed by atoms with van der Waals surface area (Å²) in [7, 11) is 0. The predicted molar refractivity (Wildman–Crippen MR) is 96.4 cm³/mol. The van der Waals surface area contributed by atoms with Gasteiger partial charge in [-0.2, -0.15) is 0 Å². The van der Waals surface area contributed by atoms with Crippen LogP contribution in [0.5, 0.6) is 5.75 Å². The normalized spacial score (nSPS) is 12.4. The largest absolute Gasteiger partial charge is 0.740 e. The van der Waals surface area contributed by atoms with Crippen molar-refractivity contribution in [2.75, 3.05) is 0 Å². The number of rotatable bonds is 3. The van der Waals surface area contributed by atoms with E-state index in [2.05, 4.69) is 12.1 Å². The molecule has 0 heterocycles. The fraction of sp³-hybridized carbons (Fsp3) is 0. The van der Waals surface area contributed by atoms with E-state index >= 15 is 0 Å². The van der Waals surface area contributed by atoms with Gasteiger partial charge in [0.1, 0.15) is 17.1 Å². The van der Waals surface area contributed by atoms with Crippen molar-refractivity contribution in [3.8, 4) is 16.9 Å². The van der Waals surface area contributed by atoms with Crippen molar-refractivity contribution in [3.63, 3.8) is 0 Å². The van der Waals surface area contributed by atoms with E-state index in [0.717, 1.165) is 32.7 Å². The monoisotopic (exact) mass is 333 g/mol. The Morgan fingerprint density at radius 1 is 0.792 bits per heavy atom. The lowest BCUT2D eigenvalue weighted by atomic mass is 9.91. The zero-order valence-corrected chi connectivity index (χ0v) is 13.5. The van der Waals surface area contributed by atoms with Gasteiger partial charge in [0.25, 0.3) is 0 Å². The van der Waals surface area contributed by atoms with Gasteiger partial charge in [0.05, 0.1) is 0 Å². The summed E-state index contributed by atoms with van der Waals surface area (Å²) in [6.07, 6.45) is 0. The molecule has 0 amide bonds. The zero-order valence-electron chi connectivity index (χ0n) is 12.6. The van der Waals surface area contributed by atoms with Crippen molar-refractivity contribution in [3.05, 3.63) is 78.9 Å². The van der Waals surface area contributed by atoms with Crippen LogP contribution >= 0.6 is 0 Å². The lowest BCUT2D eigenvalue weighted by Crippen LogP contribution is -1.99. The molecule has 0 aromatic heterocycles. The first kappa shape index (κ1) is 14.9. The Bertz CT molecular complexity index is 1060. The van der Waals surface area contributed by atoms with E-state index in [4.69, 9.17) is 4.18 Å². The summed E-state index contributed by atoms with van der Waals surface area (Å²) in [5, 5.41) is 3.90. The molecule has 24 heavy (non-hydrogen) atoms. The van der Waals surface area contributed by atoms with Gasteiger partial charge in [-0.25, -0.2) is 4.21 Å². The van der Waals surface area contributed by atoms with Crippen LogP contribution in [0.25, 0.3) is 32.7 Å². The molecule has 0 N–H and O–H groups in total. The third kappa shape index (κ3) is 2.56. The van der Waals surface area contributed by atoms with Gasteiger partial charge in [-0.1, -0.05) is 66.7 Å². The highest BCUT2D eigenvalue weighted by Gasteiger charge is 2.14. The van der Waals surface area contributed by atoms with Gasteiger partial charge >= 0.3 is 0 Å². The molecular formula is C20H13O3S-. The standard InChI is InChI=1S/C20H14O3S/c21-24(22)23-18-12-6-10-16-13-15-9-4-5-11-17(15)19(20(16)18)14-7-2-1-3-8-14/h1-13H,(H,21,22)/p-1. The highest BCUT2D eigenvalue weighted by molar-refractivity contribution is 7.74. The minimum absolute atomic E-state index is 0.338. The van der Waals surface area contributed by atoms with Gasteiger partial charge in [0, 0.05) is 10.9 Å². The fourth-order valence-electron chi connectivity index (χ4n) is 3.14. The predicted octanol–water partition coefficient (Wildman–Crippen LogP) is 4.83. The molecule has 0 bridgehead atoms. The molecule has 118 valence electrons. The van der Waals surface area contributed by atoms with Crippen molar-refractivity contribution in [2.45, 2.75) is 0 Å². The van der Waals surface area contributed by atoms with Gasteiger partial charge in [-0.15, -0.1) is 0 Å². The third-order valence-electron chi connectivity index (χ3n) is 4.07. The highest BCUT2D eigenvalue weighted by Crippen LogP contribution is 2.40. The van der Waals surface area contributed by atoms with Gasteiger partial charge < -0.3 is 8.74 Å². The summed E-state index contributed by atoms with van der Waals surface area (Å²) in [5.74, 6) is 0.338. The Kier molecular flexibility index (Phi) is 3.76. The lowest BCUT2D eigenvalue weighted by molar-refractivity contribution is 0.442. The average molecular weight is 333 g/mol. The summed E-state index contributed by atoms with van der Waals surface area (Å²) >= 11 is -2.62. The first-order valence-electron chi connectivity index (χ1n) is 7.51. The summed E-state index contributed by atoms with van der Waals surface area (Å²) in [6, 6.07) is 25.5. The SMILES string of the molecule is O=S([O-])Oc1cccc2cc3ccccc3c(-c3ccccc3)c12. The molecule has 4 aromatic carbocycles. The van der Waals surface area contributed by atoms with Crippen LogP contribution in [0.1, 0.15) is 0 Å². The van der Waals surface area contributed by atoms with Crippen molar-refractivity contribution >= 4 is 32.9 Å². The molecule has 0 aliphatic heterocycles. The maximum atomic E-state index is 11.1. The molecule has 0 saturated carbocycles. The van der Waals surface area contributed by atoms with Gasteiger partial charge in [-0.3, -0.25) is 0 Å². The van der Waals surface area contributed by atoms with Crippen molar-refractivity contribution in [2.24, 2.45) is 0 Å². The Labute approximate surface area is 142 Å². The molecule has 0 aliphatic rings. The quantitative estimate of drug-likeness (QED) is 0.398. The minimum Gasteiger partial charge on any atom is -0.740 e. The smallest absolute Gasteiger partial charge is 0.147 e. The van der Waals surface area contributed by atoms with Gasteiger partial charge in [0.15, 0.2) is 0 Å². The summed E-state index contributed by atoms with van der Waals surface area (Å²) in [6.45, 7) is 0. The topological polar surface area (TPSA) is 49.4 Å². The molecule has 0 aliphatic carbocycles. The average Bonchev–Trinajstić information content (AvgIpc) is 2.60. The number of benzene rings is 4. The van der Waals surface area contributed by atoms with Gasteiger partial charge in [-0.05, 0) is 33.9 Å². The lowest BCUT2D eigenvalue weighted by Gasteiger charge is -2.16. The second-order valence-electron chi connectivity index (χ2n) is 5.48. The molecule has 3 nitrogen and oxygen atoms in total. The van der Waals surface area contributed by atoms with Gasteiger partial charge in [0.2, 0.25) is 0 Å². The van der Waals surface area contributed by atoms with Crippen LogP contribution < -0.4 is 4.18 Å². The van der Waals surface area contributed by atoms with E-state index in [-0.39, 0.29) is 0 Å². The maximum absolute atomic E-state index is 11.1. The highest BCUT2D eigenvalue weighted by atomic mass is 32.2. The molecular weight excluding hydrogens is 320 g/mol. The first-order valence-corrected chi connectivity index (χ1v) is 8.51. The Hall–Kier alpha value is -2.69. The van der Waals surface area contributed by atoms with Crippen LogP contribution in [0.3, 0.4) is 0 Å². The van der Waals surface area contributed by atoms with Crippen LogP contribution in [0, 0.1) is 0 Å². The minimum atomic E-state index is -2.62. The fourth-order valence-corrected chi connectivity index (χ4v) is 3.42. The van der Waals surface area contributed by atoms with Crippen LogP contribution in [0.2, 0.25) is 0 Å². The van der Waals surface area contributed by atoms with E-state index in [1.165, 1.54) is 0 Å². The van der Waals surface area contributed by atoms with E-state index in [1.807, 2.05) is 54.6 Å². The van der Waals surface area contributed by atoms with E-state index in [0.29, 0.717) is 5.75 Å². The van der Waals surface area contributed by atoms with Crippen LogP contribution in [0.15, 0.2) is 78.9 Å². The van der Waals surface area contributed by atoms with Crippen molar-refractivity contribution in [1.29, 1.82) is 0 Å². The number of hydrogen-bond acceptors (Lipinski definition) is 3. The molecule has 0 spiro atoms. The summed E-state index contributed by atoms with van der Waals surface area (Å²) in [5.41, 5.74) is 2.00. The molecule has 1 unspecified atom stereocenters. The third-order valence-corrected chi connectivity index (χ3v) is 4.39. The van der Waals surface area contributed by atoms with Crippen molar-refractivity contribution in [1.82, 2.24) is 0 Å². The van der Waals surface area contributed by atoms with E-state index in [9.17, 15) is 8.76 Å². The zero-order chi connectivity index (χ0) is 16.5. The summed E-state index contributed by atoms with van der Waals surface area (Å²) in [4.78, 5) is 0. The molecule has 0 saturated heterocycles. The second-order valence-corrected chi connectivity index (χ2v) is 6.06. The number of fused-ring (bicyclic) bond motifs is 2. The number of hydrogen-bond donors (Lipinski definition) is 0. The second kappa shape index (κ2) is 6.07. The Balaban J connectivity index is 2.19. The van der Waals surface area contributed by atoms with E-state index in [1.54, 1.807) is 12.1 Å². The Morgan fingerprint density at radius 2 is 1.50 bits per heavy atom. The molecule has 4 aromatic rings.